The zero-order valence-corrected chi connectivity index (χ0v) is 75.0. The van der Waals surface area contributed by atoms with Crippen molar-refractivity contribution >= 4 is 29.5 Å². The van der Waals surface area contributed by atoms with E-state index in [1.807, 2.05) is 161 Å². The van der Waals surface area contributed by atoms with Crippen molar-refractivity contribution in [1.29, 1.82) is 0 Å². The van der Waals surface area contributed by atoms with Crippen molar-refractivity contribution in [3.8, 4) is 28.7 Å². The summed E-state index contributed by atoms with van der Waals surface area (Å²) < 4.78 is 131. The van der Waals surface area contributed by atoms with E-state index in [2.05, 4.69) is 25.5 Å². The van der Waals surface area contributed by atoms with Crippen molar-refractivity contribution in [1.82, 2.24) is 73.4 Å². The summed E-state index contributed by atoms with van der Waals surface area (Å²) in [6.07, 6.45) is 0. The zero-order chi connectivity index (χ0) is 94.9. The summed E-state index contributed by atoms with van der Waals surface area (Å²) in [7, 11) is 0. The number of carbonyl (C=O) groups is 5. The maximum Gasteiger partial charge on any atom is 0.257 e. The summed E-state index contributed by atoms with van der Waals surface area (Å²) in [4.78, 5) is 72.3. The number of aryl methyl sites for hydroxylation is 4. The Kier molecular flexibility index (Phi) is 32.3. The Bertz CT molecular complexity index is 6800. The molecule has 25 nitrogen and oxygen atoms in total. The van der Waals surface area contributed by atoms with Gasteiger partial charge in [0, 0.05) is 85.3 Å². The minimum atomic E-state index is -0.506. The summed E-state index contributed by atoms with van der Waals surface area (Å²) in [6, 6.07) is 73.1. The van der Waals surface area contributed by atoms with Crippen LogP contribution < -0.4 is 23.7 Å². The molecular formula is C106H104F7N15O10. The second-order valence-corrected chi connectivity index (χ2v) is 33.2. The van der Waals surface area contributed by atoms with E-state index in [-0.39, 0.29) is 118 Å². The van der Waals surface area contributed by atoms with E-state index in [4.69, 9.17) is 23.7 Å². The lowest BCUT2D eigenvalue weighted by Crippen LogP contribution is -2.38. The predicted octanol–water partition coefficient (Wildman–Crippen LogP) is 19.1. The zero-order valence-electron chi connectivity index (χ0n) is 75.0. The number of ether oxygens (including phenoxy) is 5. The SMILES string of the molecule is C.C.Cc1cc(C(=O)N2CCn3nc(COc4cccc(F)c4)cc3C2)ccc1F.Cc1ccc(C(=O)N2CCn3nc(COc4cccc(F)c4)cc3C2)c(F)c1.Cc1ccc(C(=O)N2CCn3nc(COc4cccc(F)c4)cc3C2)cc1.Cc1cccc(C(=O)N2CCn3nc(COc4cccc(F)c4)cc3C2)c1.O=C(c1ccccc1)N1CCn2nc(COc3cccc(F)c3)cc2C1. The second-order valence-electron chi connectivity index (χ2n) is 33.2. The number of rotatable bonds is 20. The molecule has 5 amide bonds. The molecule has 5 aromatic heterocycles. The van der Waals surface area contributed by atoms with Gasteiger partial charge in [0.25, 0.3) is 29.5 Å². The number of benzene rings is 10. The molecule has 0 fully saturated rings. The average molecular weight is 1880 g/mol. The standard InChI is InChI=1S/2C21H19F2N3O2.2C21H20FN3O2.C20H18FN3O2.2CH4/c1-14-9-15(5-6-20(14)23)21(27)25-7-8-26-18(12-25)11-17(24-26)13-28-19-4-2-3-16(22)10-19;1-14-5-6-19(20(23)9-14)21(27)25-7-8-26-17(12-25)11-16(24-26)13-28-18-4-2-3-15(22)10-18;1-15-4-2-5-16(10-15)21(26)24-8-9-25-19(13-24)12-18(23-25)14-27-20-7-3-6-17(22)11-20;1-15-5-7-16(8-6-15)21(26)24-9-10-25-19(13-24)12-18(23-25)14-27-20-4-2-3-17(22)11-20;21-16-7-4-8-19(11-16)26-14-17-12-18-13-23(9-10-24(18)22-17)20(25)15-5-2-1-3-6-15;;/h2*2-6,9-11H,7-8,12-13H2,1H3;2-7,10-12H,8-9,13-14H2,1H3;2-8,11-12H,9-10,13-14H2,1H3;1-8,11-12H,9-10,13-14H2;2*1H4. The molecule has 10 aromatic carbocycles. The maximum absolute atomic E-state index is 14.1. The van der Waals surface area contributed by atoms with Gasteiger partial charge in [-0.2, -0.15) is 25.5 Å². The van der Waals surface area contributed by atoms with Crippen LogP contribution in [0.2, 0.25) is 0 Å². The van der Waals surface area contributed by atoms with Crippen LogP contribution in [0.15, 0.2) is 267 Å². The lowest BCUT2D eigenvalue weighted by Gasteiger charge is -2.27. The van der Waals surface area contributed by atoms with Gasteiger partial charge in [-0.05, 0) is 197 Å². The molecule has 0 aliphatic carbocycles. The number of halogens is 7. The van der Waals surface area contributed by atoms with Gasteiger partial charge in [0.2, 0.25) is 0 Å². The van der Waals surface area contributed by atoms with Gasteiger partial charge in [-0.3, -0.25) is 47.4 Å². The molecule has 0 N–H and O–H groups in total. The molecule has 0 saturated heterocycles. The van der Waals surface area contributed by atoms with Crippen molar-refractivity contribution in [3.63, 3.8) is 0 Å². The molecule has 712 valence electrons. The van der Waals surface area contributed by atoms with Crippen molar-refractivity contribution in [2.45, 2.75) is 141 Å². The van der Waals surface area contributed by atoms with Gasteiger partial charge in [-0.25, -0.2) is 30.7 Å². The summed E-state index contributed by atoms with van der Waals surface area (Å²) in [5.74, 6) is -0.644. The molecule has 20 rings (SSSR count). The number of aromatic nitrogens is 10. The van der Waals surface area contributed by atoms with Crippen LogP contribution in [-0.4, -0.2) is 136 Å². The number of nitrogens with zero attached hydrogens (tertiary/aromatic N) is 15. The van der Waals surface area contributed by atoms with Crippen LogP contribution in [0.1, 0.15) is 146 Å². The van der Waals surface area contributed by atoms with Crippen LogP contribution in [0.25, 0.3) is 0 Å². The Balaban J connectivity index is 0.000000137. The highest BCUT2D eigenvalue weighted by atomic mass is 19.2. The van der Waals surface area contributed by atoms with Crippen molar-refractivity contribution < 1.29 is 78.4 Å². The first kappa shape index (κ1) is 98.1. The van der Waals surface area contributed by atoms with Crippen molar-refractivity contribution in [2.75, 3.05) is 32.7 Å². The van der Waals surface area contributed by atoms with Crippen LogP contribution in [0.3, 0.4) is 0 Å². The molecular weight excluding hydrogens is 1780 g/mol. The maximum atomic E-state index is 14.1. The molecule has 0 bridgehead atoms. The smallest absolute Gasteiger partial charge is 0.257 e. The Hall–Kier alpha value is -15.9. The minimum Gasteiger partial charge on any atom is -0.487 e. The van der Waals surface area contributed by atoms with Crippen LogP contribution in [0.4, 0.5) is 30.7 Å². The first-order valence-corrected chi connectivity index (χ1v) is 44.2. The molecule has 10 heterocycles. The molecule has 0 spiro atoms. The van der Waals surface area contributed by atoms with Crippen molar-refractivity contribution in [2.24, 2.45) is 0 Å². The van der Waals surface area contributed by atoms with E-state index in [0.29, 0.717) is 166 Å². The Labute approximate surface area is 794 Å². The van der Waals surface area contributed by atoms with Gasteiger partial charge < -0.3 is 48.2 Å². The monoisotopic (exact) mass is 1880 g/mol. The topological polar surface area (TPSA) is 237 Å². The fourth-order valence-corrected chi connectivity index (χ4v) is 15.9. The second kappa shape index (κ2) is 45.4. The van der Waals surface area contributed by atoms with Gasteiger partial charge in [-0.15, -0.1) is 0 Å². The fraction of sp³-hybridized carbons (Fsp3) is 0.245. The lowest BCUT2D eigenvalue weighted by molar-refractivity contribution is 0.0695. The number of amides is 5. The molecule has 0 saturated carbocycles. The van der Waals surface area contributed by atoms with Gasteiger partial charge in [0.1, 0.15) is 131 Å². The molecule has 138 heavy (non-hydrogen) atoms. The highest BCUT2D eigenvalue weighted by Crippen LogP contribution is 2.29. The molecule has 32 heteroatoms. The lowest BCUT2D eigenvalue weighted by atomic mass is 10.1. The normalized spacial score (nSPS) is 13.1. The van der Waals surface area contributed by atoms with Crippen LogP contribution in [-0.2, 0) is 98.5 Å². The third-order valence-corrected chi connectivity index (χ3v) is 22.9. The number of hydrogen-bond donors (Lipinski definition) is 0. The molecule has 0 atom stereocenters. The number of hydrogen-bond acceptors (Lipinski definition) is 15. The summed E-state index contributed by atoms with van der Waals surface area (Å²) in [6.45, 7) is 16.8. The Morgan fingerprint density at radius 1 is 0.254 bits per heavy atom. The van der Waals surface area contributed by atoms with E-state index in [1.54, 1.807) is 96.4 Å². The van der Waals surface area contributed by atoms with E-state index < -0.39 is 5.82 Å². The predicted molar refractivity (Wildman–Crippen MR) is 503 cm³/mol. The molecule has 0 unspecified atom stereocenters. The minimum absolute atomic E-state index is 0. The largest absolute Gasteiger partial charge is 0.487 e. The van der Waals surface area contributed by atoms with Gasteiger partial charge in [-0.1, -0.05) is 105 Å². The van der Waals surface area contributed by atoms with Crippen LogP contribution >= 0.6 is 0 Å². The number of carbonyl (C=O) groups excluding carboxylic acids is 5. The van der Waals surface area contributed by atoms with Crippen LogP contribution in [0.5, 0.6) is 28.7 Å². The first-order valence-electron chi connectivity index (χ1n) is 44.2. The van der Waals surface area contributed by atoms with Gasteiger partial charge in [0.05, 0.1) is 99.5 Å². The first-order chi connectivity index (χ1) is 65.8. The fourth-order valence-electron chi connectivity index (χ4n) is 15.9. The van der Waals surface area contributed by atoms with Crippen molar-refractivity contribution in [3.05, 3.63) is 415 Å². The van der Waals surface area contributed by atoms with E-state index in [9.17, 15) is 54.7 Å². The highest BCUT2D eigenvalue weighted by Gasteiger charge is 2.31. The van der Waals surface area contributed by atoms with E-state index in [0.717, 1.165) is 62.2 Å². The molecule has 15 aromatic rings. The molecule has 5 aliphatic heterocycles. The average Bonchev–Trinajstić information content (AvgIpc) is 1.66. The summed E-state index contributed by atoms with van der Waals surface area (Å²) >= 11 is 0. The third-order valence-electron chi connectivity index (χ3n) is 22.9. The van der Waals surface area contributed by atoms with Gasteiger partial charge >= 0.3 is 0 Å². The highest BCUT2D eigenvalue weighted by molar-refractivity contribution is 5.97. The Morgan fingerprint density at radius 3 is 0.841 bits per heavy atom. The Morgan fingerprint density at radius 2 is 0.529 bits per heavy atom. The summed E-state index contributed by atoms with van der Waals surface area (Å²) in [5, 5.41) is 22.5. The third kappa shape index (κ3) is 25.6. The summed E-state index contributed by atoms with van der Waals surface area (Å²) in [5.41, 5.74) is 14.4. The molecule has 5 aliphatic rings. The molecule has 0 radical (unpaired) electrons. The van der Waals surface area contributed by atoms with E-state index >= 15 is 0 Å². The van der Waals surface area contributed by atoms with Crippen LogP contribution in [0, 0.1) is 68.4 Å². The quantitative estimate of drug-likeness (QED) is 0.0645. The number of fused-ring (bicyclic) bond motifs is 5. The van der Waals surface area contributed by atoms with E-state index in [1.165, 1.54) is 84.9 Å². The van der Waals surface area contributed by atoms with Gasteiger partial charge in [0.15, 0.2) is 0 Å².